The number of nitrogens with zero attached hydrogens (tertiary/aromatic N) is 6. The van der Waals surface area contributed by atoms with Crippen molar-refractivity contribution < 1.29 is 1.43 Å². The monoisotopic (exact) mass is 359 g/mol. The van der Waals surface area contributed by atoms with Gasteiger partial charge in [-0.3, -0.25) is 9.88 Å². The molecule has 1 atom stereocenters. The molecule has 7 heteroatoms. The topological polar surface area (TPSA) is 73.8 Å². The van der Waals surface area contributed by atoms with E-state index in [0.717, 1.165) is 30.7 Å². The van der Waals surface area contributed by atoms with Crippen LogP contribution in [-0.2, 0) is 0 Å². The number of aromatic amines is 1. The molecule has 0 bridgehead atoms. The van der Waals surface area contributed by atoms with E-state index in [0.29, 0.717) is 5.82 Å². The van der Waals surface area contributed by atoms with E-state index in [-0.39, 0.29) is 1.43 Å². The van der Waals surface area contributed by atoms with Gasteiger partial charge in [-0.25, -0.2) is 0 Å². The van der Waals surface area contributed by atoms with Gasteiger partial charge in [0.25, 0.3) is 0 Å². The Morgan fingerprint density at radius 1 is 1.15 bits per heavy atom. The summed E-state index contributed by atoms with van der Waals surface area (Å²) in [5.41, 5.74) is 1.94. The summed E-state index contributed by atoms with van der Waals surface area (Å²) in [5, 5.41) is 13.9. The Morgan fingerprint density at radius 3 is 2.46 bits per heavy atom. The van der Waals surface area contributed by atoms with Crippen LogP contribution in [0.4, 0.5) is 5.69 Å². The van der Waals surface area contributed by atoms with Crippen molar-refractivity contribution in [2.24, 2.45) is 5.92 Å². The normalized spacial score (nSPS) is 21.5. The van der Waals surface area contributed by atoms with Crippen LogP contribution in [-0.4, -0.2) is 62.7 Å². The van der Waals surface area contributed by atoms with Gasteiger partial charge < -0.3 is 4.90 Å². The Bertz CT molecular complexity index is 639. The molecule has 26 heavy (non-hydrogen) atoms. The predicted molar refractivity (Wildman–Crippen MR) is 106 cm³/mol. The lowest BCUT2D eigenvalue weighted by molar-refractivity contribution is 0.202. The average molecular weight is 360 g/mol. The van der Waals surface area contributed by atoms with Gasteiger partial charge in [0, 0.05) is 27.1 Å². The fourth-order valence-electron chi connectivity index (χ4n) is 3.77. The number of nitrogens with one attached hydrogen (secondary N) is 1. The van der Waals surface area contributed by atoms with Gasteiger partial charge in [-0.05, 0) is 49.1 Å². The number of likely N-dealkylation sites (tertiary alicyclic amines) is 1. The second-order valence-electron chi connectivity index (χ2n) is 7.45. The minimum absolute atomic E-state index is 0. The van der Waals surface area contributed by atoms with Crippen molar-refractivity contribution in [1.29, 1.82) is 0 Å². The minimum Gasteiger partial charge on any atom is -0.370 e. The van der Waals surface area contributed by atoms with Gasteiger partial charge in [0.2, 0.25) is 5.82 Å². The molecule has 7 nitrogen and oxygen atoms in total. The van der Waals surface area contributed by atoms with Crippen LogP contribution in [0.1, 0.15) is 47.9 Å². The highest BCUT2D eigenvalue weighted by molar-refractivity contribution is 5.54. The van der Waals surface area contributed by atoms with E-state index in [4.69, 9.17) is 0 Å². The molecule has 4 rings (SSSR count). The van der Waals surface area contributed by atoms with Gasteiger partial charge in [-0.1, -0.05) is 27.2 Å². The molecule has 1 unspecified atom stereocenters. The quantitative estimate of drug-likeness (QED) is 0.907. The maximum Gasteiger partial charge on any atom is 0.222 e. The number of rotatable bonds is 3. The van der Waals surface area contributed by atoms with Crippen molar-refractivity contribution >= 4 is 5.69 Å². The van der Waals surface area contributed by atoms with E-state index in [2.05, 4.69) is 62.2 Å². The number of H-pyrrole nitrogens is 1. The number of hydrogen-bond donors (Lipinski definition) is 1. The van der Waals surface area contributed by atoms with E-state index in [1.54, 1.807) is 0 Å². The van der Waals surface area contributed by atoms with Crippen LogP contribution in [0.15, 0.2) is 18.3 Å². The van der Waals surface area contributed by atoms with Crippen molar-refractivity contribution in [3.05, 3.63) is 18.3 Å². The molecule has 144 valence electrons. The van der Waals surface area contributed by atoms with Gasteiger partial charge in [0.05, 0.1) is 11.9 Å². The van der Waals surface area contributed by atoms with Crippen molar-refractivity contribution in [3.63, 3.8) is 0 Å². The van der Waals surface area contributed by atoms with Crippen molar-refractivity contribution in [2.75, 3.05) is 31.1 Å². The molecule has 4 heterocycles. The molecule has 0 amide bonds. The summed E-state index contributed by atoms with van der Waals surface area (Å²) >= 11 is 0. The molecular formula is C19H33N7. The second-order valence-corrected chi connectivity index (χ2v) is 7.45. The fraction of sp³-hybridized carbons (Fsp3) is 0.684. The molecule has 0 radical (unpaired) electrons. The Kier molecular flexibility index (Phi) is 6.55. The first-order chi connectivity index (χ1) is 12.7. The fourth-order valence-corrected chi connectivity index (χ4v) is 3.77. The summed E-state index contributed by atoms with van der Waals surface area (Å²) < 4.78 is 0. The zero-order chi connectivity index (χ0) is 18.4. The molecule has 2 aromatic rings. The molecule has 2 aliphatic heterocycles. The van der Waals surface area contributed by atoms with Gasteiger partial charge in [-0.15, -0.1) is 10.2 Å². The molecule has 0 spiro atoms. The molecule has 2 aliphatic rings. The third-order valence-electron chi connectivity index (χ3n) is 5.12. The summed E-state index contributed by atoms with van der Waals surface area (Å²) in [7, 11) is 0. The summed E-state index contributed by atoms with van der Waals surface area (Å²) in [4.78, 5) is 9.59. The molecule has 0 aromatic carbocycles. The van der Waals surface area contributed by atoms with Gasteiger partial charge in [-0.2, -0.15) is 5.21 Å². The summed E-state index contributed by atoms with van der Waals surface area (Å²) in [6.45, 7) is 11.4. The summed E-state index contributed by atoms with van der Waals surface area (Å²) in [5.74, 6) is 1.41. The van der Waals surface area contributed by atoms with Gasteiger partial charge >= 0.3 is 0 Å². The number of tetrazole rings is 1. The Balaban J connectivity index is 0.000000614. The molecule has 1 N–H and O–H groups in total. The maximum absolute atomic E-state index is 4.47. The number of hydrogen-bond acceptors (Lipinski definition) is 6. The predicted octanol–water partition coefficient (Wildman–Crippen LogP) is 3.23. The Morgan fingerprint density at radius 2 is 1.92 bits per heavy atom. The highest BCUT2D eigenvalue weighted by Crippen LogP contribution is 2.26. The lowest BCUT2D eigenvalue weighted by Gasteiger charge is -2.37. The highest BCUT2D eigenvalue weighted by atomic mass is 15.5. The first-order valence-corrected chi connectivity index (χ1v) is 9.90. The molecule has 2 fully saturated rings. The molecule has 0 saturated carbocycles. The van der Waals surface area contributed by atoms with Crippen molar-refractivity contribution in [1.82, 2.24) is 30.5 Å². The minimum atomic E-state index is 0. The number of anilines is 1. The van der Waals surface area contributed by atoms with Crippen LogP contribution < -0.4 is 4.90 Å². The van der Waals surface area contributed by atoms with Gasteiger partial charge in [0.1, 0.15) is 5.69 Å². The molecule has 2 aromatic heterocycles. The van der Waals surface area contributed by atoms with Crippen molar-refractivity contribution in [2.45, 2.75) is 52.5 Å². The largest absolute Gasteiger partial charge is 0.370 e. The average Bonchev–Trinajstić information content (AvgIpc) is 3.35. The SMILES string of the molecule is CC1CCN(C2CCN(c3ccc(-c4nn[nH]n4)nc3)CC2)C1.CCC.[HH]. The lowest BCUT2D eigenvalue weighted by atomic mass is 10.0. The smallest absolute Gasteiger partial charge is 0.222 e. The van der Waals surface area contributed by atoms with E-state index >= 15 is 0 Å². The Hall–Kier alpha value is -2.02. The lowest BCUT2D eigenvalue weighted by Crippen LogP contribution is -2.44. The van der Waals surface area contributed by atoms with E-state index < -0.39 is 0 Å². The third-order valence-corrected chi connectivity index (χ3v) is 5.12. The standard InChI is InChI=1S/C16H23N7.C3H8.H2/c1-12-4-7-23(11-12)13-5-8-22(9-6-13)14-2-3-15(17-10-14)16-18-20-21-19-16;1-3-2;/h2-3,10,12-13H,4-9,11H2,1H3,(H,18,19,20,21);3H2,1-2H3;1H. The van der Waals surface area contributed by atoms with Crippen LogP contribution in [0.3, 0.4) is 0 Å². The van der Waals surface area contributed by atoms with Crippen LogP contribution in [0.2, 0.25) is 0 Å². The van der Waals surface area contributed by atoms with Crippen LogP contribution in [0, 0.1) is 5.92 Å². The van der Waals surface area contributed by atoms with Gasteiger partial charge in [0.15, 0.2) is 0 Å². The zero-order valence-electron chi connectivity index (χ0n) is 16.2. The number of pyridine rings is 1. The first kappa shape index (κ1) is 18.8. The van der Waals surface area contributed by atoms with E-state index in [1.807, 2.05) is 12.3 Å². The summed E-state index contributed by atoms with van der Waals surface area (Å²) in [6.07, 6.45) is 7.03. The zero-order valence-corrected chi connectivity index (χ0v) is 16.2. The molecule has 2 saturated heterocycles. The maximum atomic E-state index is 4.47. The first-order valence-electron chi connectivity index (χ1n) is 9.90. The highest BCUT2D eigenvalue weighted by Gasteiger charge is 2.29. The van der Waals surface area contributed by atoms with Crippen LogP contribution in [0.25, 0.3) is 11.5 Å². The Labute approximate surface area is 157 Å². The third kappa shape index (κ3) is 4.58. The number of aromatic nitrogens is 5. The molecular weight excluding hydrogens is 326 g/mol. The van der Waals surface area contributed by atoms with E-state index in [1.165, 1.54) is 44.5 Å². The second kappa shape index (κ2) is 9.07. The summed E-state index contributed by atoms with van der Waals surface area (Å²) in [6, 6.07) is 4.84. The van der Waals surface area contributed by atoms with Crippen LogP contribution in [0.5, 0.6) is 0 Å². The van der Waals surface area contributed by atoms with E-state index in [9.17, 15) is 0 Å². The molecule has 0 aliphatic carbocycles. The number of piperidine rings is 1. The van der Waals surface area contributed by atoms with Crippen molar-refractivity contribution in [3.8, 4) is 11.5 Å². The van der Waals surface area contributed by atoms with Crippen LogP contribution >= 0.6 is 0 Å².